The van der Waals surface area contributed by atoms with E-state index in [-0.39, 0.29) is 5.69 Å². The van der Waals surface area contributed by atoms with Crippen LogP contribution in [0.4, 0.5) is 0 Å². The molecule has 0 bridgehead atoms. The number of hydrogen-bond donors (Lipinski definition) is 1. The van der Waals surface area contributed by atoms with Gasteiger partial charge in [0.1, 0.15) is 5.82 Å². The highest BCUT2D eigenvalue weighted by Crippen LogP contribution is 2.12. The molecule has 0 saturated heterocycles. The second-order valence-corrected chi connectivity index (χ2v) is 5.54. The van der Waals surface area contributed by atoms with E-state index in [0.717, 1.165) is 44.6 Å². The van der Waals surface area contributed by atoms with Crippen molar-refractivity contribution in [1.29, 1.82) is 0 Å². The number of aromatic nitrogens is 3. The van der Waals surface area contributed by atoms with Crippen LogP contribution >= 0.6 is 0 Å². The molecule has 1 aromatic heterocycles. The summed E-state index contributed by atoms with van der Waals surface area (Å²) in [4.78, 5) is 12.3. The molecule has 0 fully saturated rings. The molecule has 108 valence electrons. The molecule has 1 aromatic rings. The minimum Gasteiger partial charge on any atom is -0.312 e. The van der Waals surface area contributed by atoms with Gasteiger partial charge in [-0.1, -0.05) is 27.2 Å². The maximum absolute atomic E-state index is 12.3. The maximum atomic E-state index is 12.3. The molecule has 1 aliphatic rings. The van der Waals surface area contributed by atoms with E-state index in [2.05, 4.69) is 31.2 Å². The zero-order valence-corrected chi connectivity index (χ0v) is 12.4. The lowest BCUT2D eigenvalue weighted by molar-refractivity contribution is 0.319. The summed E-state index contributed by atoms with van der Waals surface area (Å²) in [6.07, 6.45) is 4.30. The first-order valence-corrected chi connectivity index (χ1v) is 7.57. The van der Waals surface area contributed by atoms with Gasteiger partial charge in [-0.25, -0.2) is 9.48 Å². The SMILES string of the molecule is CCNC(Cn1nc2n(c1=O)CCCC2)C(C)CC. The van der Waals surface area contributed by atoms with Gasteiger partial charge in [-0.3, -0.25) is 4.57 Å². The number of aryl methyl sites for hydroxylation is 1. The largest absolute Gasteiger partial charge is 0.345 e. The van der Waals surface area contributed by atoms with Gasteiger partial charge in [-0.15, -0.1) is 0 Å². The standard InChI is InChI=1S/C14H26N4O/c1-4-11(3)12(15-5-2)10-18-14(19)17-9-7-6-8-13(17)16-18/h11-12,15H,4-10H2,1-3H3. The summed E-state index contributed by atoms with van der Waals surface area (Å²) in [5, 5.41) is 8.00. The molecule has 2 atom stereocenters. The summed E-state index contributed by atoms with van der Waals surface area (Å²) in [7, 11) is 0. The molecule has 5 heteroatoms. The van der Waals surface area contributed by atoms with Crippen molar-refractivity contribution in [2.24, 2.45) is 5.92 Å². The van der Waals surface area contributed by atoms with Crippen LogP contribution in [0.1, 0.15) is 45.9 Å². The van der Waals surface area contributed by atoms with Crippen LogP contribution in [0.5, 0.6) is 0 Å². The average Bonchev–Trinajstić information content (AvgIpc) is 2.75. The van der Waals surface area contributed by atoms with Gasteiger partial charge in [0.15, 0.2) is 0 Å². The van der Waals surface area contributed by atoms with Crippen LogP contribution < -0.4 is 11.0 Å². The van der Waals surface area contributed by atoms with Crippen molar-refractivity contribution in [1.82, 2.24) is 19.7 Å². The zero-order chi connectivity index (χ0) is 13.8. The number of nitrogens with zero attached hydrogens (tertiary/aromatic N) is 3. The molecule has 1 aliphatic heterocycles. The molecular weight excluding hydrogens is 240 g/mol. The number of fused-ring (bicyclic) bond motifs is 1. The van der Waals surface area contributed by atoms with E-state index in [1.54, 1.807) is 4.68 Å². The van der Waals surface area contributed by atoms with E-state index < -0.39 is 0 Å². The van der Waals surface area contributed by atoms with Crippen molar-refractivity contribution in [3.05, 3.63) is 16.3 Å². The van der Waals surface area contributed by atoms with Gasteiger partial charge in [-0.05, 0) is 25.3 Å². The summed E-state index contributed by atoms with van der Waals surface area (Å²) >= 11 is 0. The maximum Gasteiger partial charge on any atom is 0.345 e. The monoisotopic (exact) mass is 266 g/mol. The molecule has 5 nitrogen and oxygen atoms in total. The van der Waals surface area contributed by atoms with Gasteiger partial charge in [-0.2, -0.15) is 5.10 Å². The highest BCUT2D eigenvalue weighted by molar-refractivity contribution is 4.92. The van der Waals surface area contributed by atoms with Crippen molar-refractivity contribution in [3.63, 3.8) is 0 Å². The summed E-state index contributed by atoms with van der Waals surface area (Å²) in [6.45, 7) is 8.98. The summed E-state index contributed by atoms with van der Waals surface area (Å²) in [5.41, 5.74) is 0.0703. The van der Waals surface area contributed by atoms with E-state index in [0.29, 0.717) is 18.5 Å². The Morgan fingerprint density at radius 2 is 2.16 bits per heavy atom. The third kappa shape index (κ3) is 3.08. The van der Waals surface area contributed by atoms with Gasteiger partial charge in [0, 0.05) is 19.0 Å². The van der Waals surface area contributed by atoms with E-state index >= 15 is 0 Å². The van der Waals surface area contributed by atoms with Crippen LogP contribution in [0.2, 0.25) is 0 Å². The van der Waals surface area contributed by atoms with Crippen molar-refractivity contribution in [2.45, 2.75) is 65.6 Å². The quantitative estimate of drug-likeness (QED) is 0.847. The molecule has 1 N–H and O–H groups in total. The lowest BCUT2D eigenvalue weighted by atomic mass is 9.99. The number of hydrogen-bond acceptors (Lipinski definition) is 3. The second-order valence-electron chi connectivity index (χ2n) is 5.54. The Kier molecular flexibility index (Phi) is 4.80. The van der Waals surface area contributed by atoms with E-state index in [1.165, 1.54) is 0 Å². The van der Waals surface area contributed by atoms with Gasteiger partial charge in [0.25, 0.3) is 0 Å². The van der Waals surface area contributed by atoms with Gasteiger partial charge in [0.05, 0.1) is 6.54 Å². The van der Waals surface area contributed by atoms with Crippen LogP contribution in [0, 0.1) is 5.92 Å². The van der Waals surface area contributed by atoms with Gasteiger partial charge < -0.3 is 5.32 Å². The Morgan fingerprint density at radius 1 is 1.37 bits per heavy atom. The minimum absolute atomic E-state index is 0.0703. The van der Waals surface area contributed by atoms with Crippen LogP contribution in [-0.2, 0) is 19.5 Å². The summed E-state index contributed by atoms with van der Waals surface area (Å²) in [5.74, 6) is 1.52. The highest BCUT2D eigenvalue weighted by atomic mass is 16.2. The Bertz CT molecular complexity index is 463. The molecule has 19 heavy (non-hydrogen) atoms. The Hall–Kier alpha value is -1.10. The number of likely N-dealkylation sites (N-methyl/N-ethyl adjacent to an activating group) is 1. The lowest BCUT2D eigenvalue weighted by Gasteiger charge is -2.23. The van der Waals surface area contributed by atoms with E-state index in [9.17, 15) is 4.79 Å². The number of rotatable bonds is 6. The van der Waals surface area contributed by atoms with Crippen molar-refractivity contribution in [2.75, 3.05) is 6.54 Å². The van der Waals surface area contributed by atoms with Crippen LogP contribution in [0.25, 0.3) is 0 Å². The molecule has 0 amide bonds. The topological polar surface area (TPSA) is 51.9 Å². The van der Waals surface area contributed by atoms with Crippen molar-refractivity contribution in [3.8, 4) is 0 Å². The van der Waals surface area contributed by atoms with Crippen LogP contribution in [0.15, 0.2) is 4.79 Å². The Labute approximate surface area is 115 Å². The van der Waals surface area contributed by atoms with Crippen LogP contribution in [-0.4, -0.2) is 26.9 Å². The van der Waals surface area contributed by atoms with E-state index in [4.69, 9.17) is 0 Å². The fraction of sp³-hybridized carbons (Fsp3) is 0.857. The van der Waals surface area contributed by atoms with Gasteiger partial charge in [0.2, 0.25) is 0 Å². The molecule has 0 saturated carbocycles. The molecule has 2 unspecified atom stereocenters. The first-order chi connectivity index (χ1) is 9.17. The van der Waals surface area contributed by atoms with E-state index in [1.807, 2.05) is 4.57 Å². The Balaban J connectivity index is 2.17. The molecule has 2 heterocycles. The van der Waals surface area contributed by atoms with Crippen molar-refractivity contribution >= 4 is 0 Å². The average molecular weight is 266 g/mol. The van der Waals surface area contributed by atoms with Gasteiger partial charge >= 0.3 is 5.69 Å². The summed E-state index contributed by atoms with van der Waals surface area (Å²) in [6, 6.07) is 0.324. The predicted molar refractivity (Wildman–Crippen MR) is 76.3 cm³/mol. The lowest BCUT2D eigenvalue weighted by Crippen LogP contribution is -2.41. The first kappa shape index (κ1) is 14.3. The summed E-state index contributed by atoms with van der Waals surface area (Å²) < 4.78 is 3.52. The smallest absolute Gasteiger partial charge is 0.312 e. The molecular formula is C14H26N4O. The highest BCUT2D eigenvalue weighted by Gasteiger charge is 2.21. The van der Waals surface area contributed by atoms with Crippen LogP contribution in [0.3, 0.4) is 0 Å². The predicted octanol–water partition coefficient (Wildman–Crippen LogP) is 1.41. The second kappa shape index (κ2) is 6.37. The normalized spacial score (nSPS) is 18.1. The van der Waals surface area contributed by atoms with Crippen molar-refractivity contribution < 1.29 is 0 Å². The third-order valence-corrected chi connectivity index (χ3v) is 4.20. The Morgan fingerprint density at radius 3 is 2.79 bits per heavy atom. The zero-order valence-electron chi connectivity index (χ0n) is 12.4. The molecule has 0 radical (unpaired) electrons. The molecule has 0 spiro atoms. The minimum atomic E-state index is 0.0703. The fourth-order valence-corrected chi connectivity index (χ4v) is 2.75. The molecule has 2 rings (SSSR count). The number of nitrogens with one attached hydrogen (secondary N) is 1. The molecule has 0 aromatic carbocycles. The third-order valence-electron chi connectivity index (χ3n) is 4.20. The fourth-order valence-electron chi connectivity index (χ4n) is 2.75. The first-order valence-electron chi connectivity index (χ1n) is 7.57. The molecule has 0 aliphatic carbocycles.